The number of halogens is 1. The number of anilines is 2. The Hall–Kier alpha value is -4.29. The average molecular weight is 739 g/mol. The molecule has 3 aromatic rings. The summed E-state index contributed by atoms with van der Waals surface area (Å²) in [6.45, 7) is 0. The van der Waals surface area contributed by atoms with Gasteiger partial charge >= 0.3 is 27.0 Å². The number of hydrazone groups is 1. The first-order valence-electron chi connectivity index (χ1n) is 12.6. The van der Waals surface area contributed by atoms with Gasteiger partial charge in [0.05, 0.1) is 20.4 Å². The zero-order valence-corrected chi connectivity index (χ0v) is 27.7. The third kappa shape index (κ3) is 12.5. The molecule has 0 amide bonds. The van der Waals surface area contributed by atoms with E-state index in [4.69, 9.17) is 33.9 Å². The molecule has 1 aliphatic rings. The van der Waals surface area contributed by atoms with Crippen LogP contribution in [0.3, 0.4) is 0 Å². The predicted molar refractivity (Wildman–Crippen MR) is 180 cm³/mol. The standard InChI is InChI=1S/2C15H15N3O2S.ClH.Ru/c1-20-13-9-5-6-11(14(13)19)10-16-18-15(21)17-12-7-3-2-4-8-12;1-20-14-11(6-5-9-13(14)19)10-16-18-15(21)17-12-7-3-2-4-8-12;;/h2-10,16H,1H3,(H2,17,18,21);2-10,19H,1H3,(H2,17,18,21);1H;/q;;;+1/p-1/b11-10-;16-10+;;. The molecule has 0 radical (unpaired) electrons. The number of allylic oxidation sites excluding steroid dienone is 4. The normalized spacial score (nSPS) is 12.4. The molecule has 0 saturated heterocycles. The van der Waals surface area contributed by atoms with Crippen LogP contribution in [0, 0.1) is 0 Å². The number of para-hydroxylation sites is 3. The first-order valence-corrected chi connectivity index (χ1v) is 15.7. The van der Waals surface area contributed by atoms with E-state index in [1.54, 1.807) is 36.4 Å². The SMILES string of the molecule is COC1=CC=C/C(=C/NNC(=S)Nc2ccccc2)C1=O.COc1c(O)cccc1/C=N/NC(=S)Nc1ccccc1.[Cl][Ru]. The van der Waals surface area contributed by atoms with E-state index < -0.39 is 0 Å². The Labute approximate surface area is 280 Å². The molecule has 0 fully saturated rings. The van der Waals surface area contributed by atoms with Crippen molar-refractivity contribution in [3.8, 4) is 11.5 Å². The number of carbonyl (C=O) groups is 1. The van der Waals surface area contributed by atoms with Crippen molar-refractivity contribution in [2.75, 3.05) is 24.9 Å². The molecule has 44 heavy (non-hydrogen) atoms. The van der Waals surface area contributed by atoms with Crippen molar-refractivity contribution in [3.05, 3.63) is 120 Å². The van der Waals surface area contributed by atoms with Gasteiger partial charge in [0.15, 0.2) is 27.5 Å². The van der Waals surface area contributed by atoms with E-state index >= 15 is 0 Å². The Balaban J connectivity index is 0.000000291. The number of hydrogen-bond donors (Lipinski definition) is 6. The molecule has 0 bridgehead atoms. The van der Waals surface area contributed by atoms with Gasteiger partial charge in [0.25, 0.3) is 0 Å². The van der Waals surface area contributed by atoms with Gasteiger partial charge < -0.3 is 30.6 Å². The first-order chi connectivity index (χ1) is 21.4. The number of nitrogens with zero attached hydrogens (tertiary/aromatic N) is 1. The van der Waals surface area contributed by atoms with E-state index in [-0.39, 0.29) is 11.5 Å². The van der Waals surface area contributed by atoms with Gasteiger partial charge in [-0.15, -0.1) is 0 Å². The summed E-state index contributed by atoms with van der Waals surface area (Å²) in [5, 5.41) is 20.4. The van der Waals surface area contributed by atoms with Crippen LogP contribution >= 0.6 is 34.1 Å². The molecule has 10 nitrogen and oxygen atoms in total. The number of benzene rings is 3. The second-order valence-electron chi connectivity index (χ2n) is 8.20. The summed E-state index contributed by atoms with van der Waals surface area (Å²) in [5.41, 5.74) is 11.1. The fraction of sp³-hybridized carbons (Fsp3) is 0.0667. The molecule has 6 N–H and O–H groups in total. The Morgan fingerprint density at radius 3 is 2.09 bits per heavy atom. The quantitative estimate of drug-likeness (QED) is 0.0582. The van der Waals surface area contributed by atoms with E-state index in [1.165, 1.54) is 26.6 Å². The summed E-state index contributed by atoms with van der Waals surface area (Å²) in [6, 6.07) is 24.1. The first kappa shape index (κ1) is 35.9. The van der Waals surface area contributed by atoms with Crippen molar-refractivity contribution >= 4 is 67.7 Å². The minimum absolute atomic E-state index is 0.0615. The van der Waals surface area contributed by atoms with Crippen LogP contribution in [0.15, 0.2) is 120 Å². The zero-order chi connectivity index (χ0) is 32.2. The third-order valence-corrected chi connectivity index (χ3v) is 5.70. The molecule has 0 heterocycles. The van der Waals surface area contributed by atoms with Gasteiger partial charge in [0.2, 0.25) is 5.78 Å². The van der Waals surface area contributed by atoms with Crippen molar-refractivity contribution in [3.63, 3.8) is 0 Å². The number of Topliss-reactive ketones (excluding diaryl/α,β-unsaturated/α-hetero) is 1. The summed E-state index contributed by atoms with van der Waals surface area (Å²) in [4.78, 5) is 11.9. The molecule has 3 aromatic carbocycles. The topological polar surface area (TPSA) is 128 Å². The van der Waals surface area contributed by atoms with Crippen molar-refractivity contribution < 1.29 is 36.7 Å². The molecule has 0 aliphatic heterocycles. The number of rotatable bonds is 8. The number of nitrogens with one attached hydrogen (secondary N) is 5. The maximum absolute atomic E-state index is 11.9. The van der Waals surface area contributed by atoms with Gasteiger partial charge in [0.1, 0.15) is 0 Å². The number of phenols is 1. The van der Waals surface area contributed by atoms with E-state index in [0.717, 1.165) is 11.4 Å². The van der Waals surface area contributed by atoms with Crippen LogP contribution in [0.25, 0.3) is 0 Å². The predicted octanol–water partition coefficient (Wildman–Crippen LogP) is 5.44. The van der Waals surface area contributed by atoms with Crippen molar-refractivity contribution in [1.82, 2.24) is 16.3 Å². The van der Waals surface area contributed by atoms with E-state index in [1.807, 2.05) is 78.0 Å². The second-order valence-corrected chi connectivity index (χ2v) is 9.02. The fourth-order valence-electron chi connectivity index (χ4n) is 3.38. The second kappa shape index (κ2) is 20.6. The summed E-state index contributed by atoms with van der Waals surface area (Å²) in [5.74, 6) is 0.545. The van der Waals surface area contributed by atoms with Crippen LogP contribution in [-0.4, -0.2) is 41.5 Å². The van der Waals surface area contributed by atoms with Gasteiger partial charge in [-0.05, 0) is 73.0 Å². The molecule has 0 spiro atoms. The number of methoxy groups -OCH3 is 2. The monoisotopic (exact) mass is 739 g/mol. The van der Waals surface area contributed by atoms with Crippen molar-refractivity contribution in [1.29, 1.82) is 0 Å². The van der Waals surface area contributed by atoms with Gasteiger partial charge in [-0.3, -0.25) is 15.6 Å². The Morgan fingerprint density at radius 2 is 1.50 bits per heavy atom. The minimum atomic E-state index is -0.184. The van der Waals surface area contributed by atoms with E-state index in [2.05, 4.69) is 41.7 Å². The molecule has 4 rings (SSSR count). The van der Waals surface area contributed by atoms with E-state index in [0.29, 0.717) is 32.9 Å². The van der Waals surface area contributed by atoms with Crippen LogP contribution < -0.4 is 31.6 Å². The summed E-state index contributed by atoms with van der Waals surface area (Å²) >= 11 is 12.1. The van der Waals surface area contributed by atoms with Crippen LogP contribution in [0.1, 0.15) is 5.56 Å². The molecule has 0 atom stereocenters. The maximum atomic E-state index is 11.9. The number of ether oxygens (including phenoxy) is 2. The fourth-order valence-corrected chi connectivity index (χ4v) is 3.72. The number of ketones is 1. The Morgan fingerprint density at radius 1 is 0.886 bits per heavy atom. The van der Waals surface area contributed by atoms with Gasteiger partial charge in [-0.1, -0.05) is 48.5 Å². The van der Waals surface area contributed by atoms with Crippen LogP contribution in [-0.2, 0) is 26.8 Å². The van der Waals surface area contributed by atoms with Gasteiger partial charge in [0, 0.05) is 28.7 Å². The van der Waals surface area contributed by atoms with Crippen LogP contribution in [0.5, 0.6) is 11.5 Å². The molecule has 0 saturated carbocycles. The Kier molecular flexibility index (Phi) is 16.8. The molecule has 231 valence electrons. The molecule has 0 unspecified atom stereocenters. The van der Waals surface area contributed by atoms with Crippen LogP contribution in [0.4, 0.5) is 11.4 Å². The number of phenolic OH excluding ortho intramolecular Hbond substituents is 1. The number of hydrogen-bond acceptors (Lipinski definition) is 8. The zero-order valence-electron chi connectivity index (χ0n) is 23.6. The summed E-state index contributed by atoms with van der Waals surface area (Å²) in [7, 11) is 7.52. The molecular weight excluding hydrogens is 709 g/mol. The van der Waals surface area contributed by atoms with Crippen molar-refractivity contribution in [2.24, 2.45) is 5.10 Å². The summed E-state index contributed by atoms with van der Waals surface area (Å²) < 4.78 is 10.1. The van der Waals surface area contributed by atoms with E-state index in [9.17, 15) is 9.90 Å². The third-order valence-electron chi connectivity index (χ3n) is 5.30. The van der Waals surface area contributed by atoms with Gasteiger partial charge in [-0.2, -0.15) is 5.10 Å². The Bertz CT molecular complexity index is 1510. The molecule has 14 heteroatoms. The average Bonchev–Trinajstić information content (AvgIpc) is 3.04. The number of hydrazine groups is 1. The summed E-state index contributed by atoms with van der Waals surface area (Å²) in [6.07, 6.45) is 8.11. The van der Waals surface area contributed by atoms with Crippen molar-refractivity contribution in [2.45, 2.75) is 0 Å². The molecular formula is C30H30ClN6O4RuS2. The number of thiocarbonyl (C=S) groups is 2. The molecule has 1 aliphatic carbocycles. The number of carbonyl (C=O) groups excluding carboxylic acids is 1. The number of aromatic hydroxyl groups is 1. The molecule has 0 aromatic heterocycles. The van der Waals surface area contributed by atoms with Gasteiger partial charge in [-0.25, -0.2) is 0 Å². The van der Waals surface area contributed by atoms with Crippen LogP contribution in [0.2, 0.25) is 0 Å².